The van der Waals surface area contributed by atoms with Crippen LogP contribution in [0.15, 0.2) is 188 Å². The molecule has 258 valence electrons. The van der Waals surface area contributed by atoms with Crippen molar-refractivity contribution >= 4 is 54.3 Å². The lowest BCUT2D eigenvalue weighted by atomic mass is 9.82. The average Bonchev–Trinajstić information content (AvgIpc) is 3.60. The summed E-state index contributed by atoms with van der Waals surface area (Å²) >= 11 is 0. The van der Waals surface area contributed by atoms with Crippen LogP contribution < -0.4 is 0 Å². The van der Waals surface area contributed by atoms with Gasteiger partial charge in [-0.1, -0.05) is 152 Å². The van der Waals surface area contributed by atoms with E-state index in [1.165, 1.54) is 71.6 Å². The summed E-state index contributed by atoms with van der Waals surface area (Å²) in [6.45, 7) is 0. The minimum atomic E-state index is 0.912. The van der Waals surface area contributed by atoms with Crippen LogP contribution in [0.2, 0.25) is 0 Å². The van der Waals surface area contributed by atoms with Gasteiger partial charge in [0.1, 0.15) is 0 Å². The number of hydrogen-bond donors (Lipinski definition) is 0. The van der Waals surface area contributed by atoms with Crippen molar-refractivity contribution < 1.29 is 0 Å². The quantitative estimate of drug-likeness (QED) is 0.171. The Morgan fingerprint density at radius 1 is 0.321 bits per heavy atom. The van der Waals surface area contributed by atoms with E-state index < -0.39 is 0 Å². The standard InChI is InChI=1S/C53H31N3/c1-3-11-32(12-4-1)47-41-16-7-8-17-42(41)48(33-13-5-2-6-14-33)51-44-26-25-37(40-18-9-19-43(49(40)44)50(47)51)36-22-24-38-39(28-30-54-46(38)31-36)45-27-23-35-21-20-34-15-10-29-55-52(34)53(35)56-45/h1-31H. The van der Waals surface area contributed by atoms with Crippen molar-refractivity contribution in [3.8, 4) is 66.9 Å². The van der Waals surface area contributed by atoms with Gasteiger partial charge in [-0.3, -0.25) is 9.97 Å². The van der Waals surface area contributed by atoms with Crippen molar-refractivity contribution in [3.05, 3.63) is 188 Å². The van der Waals surface area contributed by atoms with Crippen LogP contribution in [0.3, 0.4) is 0 Å². The molecule has 0 spiro atoms. The van der Waals surface area contributed by atoms with E-state index in [1.807, 2.05) is 18.5 Å². The van der Waals surface area contributed by atoms with Gasteiger partial charge in [0.05, 0.1) is 22.2 Å². The van der Waals surface area contributed by atoms with Gasteiger partial charge >= 0.3 is 0 Å². The van der Waals surface area contributed by atoms with Crippen molar-refractivity contribution in [2.45, 2.75) is 0 Å². The Hall–Kier alpha value is -7.49. The SMILES string of the molecule is c1ccc(-c2c3c(c(-c4ccccc4)c4ccccc24)-c2ccc(-c4ccc5c(-c6ccc7ccc8cccnc8c7n6)ccnc5c4)c4cccc-3c24)cc1. The number of aromatic nitrogens is 3. The number of benzene rings is 8. The van der Waals surface area contributed by atoms with Crippen LogP contribution in [-0.4, -0.2) is 15.0 Å². The summed E-state index contributed by atoms with van der Waals surface area (Å²) in [6.07, 6.45) is 3.74. The number of pyridine rings is 3. The molecular weight excluding hydrogens is 679 g/mol. The van der Waals surface area contributed by atoms with Gasteiger partial charge in [-0.25, -0.2) is 4.98 Å². The molecule has 1 aliphatic rings. The molecule has 11 aromatic rings. The maximum Gasteiger partial charge on any atom is 0.0972 e. The molecule has 56 heavy (non-hydrogen) atoms. The lowest BCUT2D eigenvalue weighted by Gasteiger charge is -2.20. The molecule has 3 heterocycles. The molecule has 0 saturated heterocycles. The first-order valence-corrected chi connectivity index (χ1v) is 19.1. The topological polar surface area (TPSA) is 38.7 Å². The Bertz CT molecular complexity index is 3310. The second-order valence-corrected chi connectivity index (χ2v) is 14.7. The molecule has 8 aromatic carbocycles. The van der Waals surface area contributed by atoms with Gasteiger partial charge in [0.2, 0.25) is 0 Å². The van der Waals surface area contributed by atoms with Crippen molar-refractivity contribution in [2.75, 3.05) is 0 Å². The number of nitrogens with zero attached hydrogens (tertiary/aromatic N) is 3. The van der Waals surface area contributed by atoms with Crippen LogP contribution in [-0.2, 0) is 0 Å². The summed E-state index contributed by atoms with van der Waals surface area (Å²) in [4.78, 5) is 14.8. The Kier molecular flexibility index (Phi) is 6.63. The van der Waals surface area contributed by atoms with E-state index in [4.69, 9.17) is 9.97 Å². The summed E-state index contributed by atoms with van der Waals surface area (Å²) in [6, 6.07) is 63.6. The van der Waals surface area contributed by atoms with E-state index in [1.54, 1.807) is 0 Å². The molecule has 3 nitrogen and oxygen atoms in total. The summed E-state index contributed by atoms with van der Waals surface area (Å²) < 4.78 is 0. The van der Waals surface area contributed by atoms with Crippen LogP contribution >= 0.6 is 0 Å². The molecule has 12 rings (SSSR count). The third kappa shape index (κ3) is 4.49. The van der Waals surface area contributed by atoms with Crippen LogP contribution in [0.25, 0.3) is 121 Å². The highest BCUT2D eigenvalue weighted by atomic mass is 14.8. The van der Waals surface area contributed by atoms with E-state index in [0.29, 0.717) is 0 Å². The zero-order valence-corrected chi connectivity index (χ0v) is 30.2. The number of rotatable bonds is 4. The average molecular weight is 710 g/mol. The molecule has 0 fully saturated rings. The molecular formula is C53H31N3. The third-order valence-electron chi connectivity index (χ3n) is 11.7. The Balaban J connectivity index is 1.07. The summed E-state index contributed by atoms with van der Waals surface area (Å²) in [7, 11) is 0. The molecule has 0 saturated carbocycles. The zero-order chi connectivity index (χ0) is 36.7. The van der Waals surface area contributed by atoms with Gasteiger partial charge in [0.15, 0.2) is 0 Å². The van der Waals surface area contributed by atoms with Crippen LogP contribution in [0, 0.1) is 0 Å². The second kappa shape index (κ2) is 12.0. The number of fused-ring (bicyclic) bond motifs is 8. The maximum absolute atomic E-state index is 5.18. The summed E-state index contributed by atoms with van der Waals surface area (Å²) in [5, 5.41) is 8.31. The zero-order valence-electron chi connectivity index (χ0n) is 30.2. The number of hydrogen-bond acceptors (Lipinski definition) is 3. The minimum absolute atomic E-state index is 0.912. The first-order valence-electron chi connectivity index (χ1n) is 19.1. The largest absolute Gasteiger partial charge is 0.256 e. The molecule has 0 radical (unpaired) electrons. The smallest absolute Gasteiger partial charge is 0.0972 e. The Morgan fingerprint density at radius 2 is 0.964 bits per heavy atom. The molecule has 0 unspecified atom stereocenters. The normalized spacial score (nSPS) is 11.9. The molecule has 0 aliphatic heterocycles. The fraction of sp³-hybridized carbons (Fsp3) is 0. The lowest BCUT2D eigenvalue weighted by molar-refractivity contribution is 1.36. The van der Waals surface area contributed by atoms with Crippen molar-refractivity contribution in [3.63, 3.8) is 0 Å². The summed E-state index contributed by atoms with van der Waals surface area (Å²) in [5.41, 5.74) is 17.3. The first kappa shape index (κ1) is 30.9. The van der Waals surface area contributed by atoms with E-state index in [-0.39, 0.29) is 0 Å². The van der Waals surface area contributed by atoms with E-state index in [0.717, 1.165) is 49.5 Å². The first-order chi connectivity index (χ1) is 27.8. The highest BCUT2D eigenvalue weighted by molar-refractivity contribution is 6.29. The van der Waals surface area contributed by atoms with E-state index in [9.17, 15) is 0 Å². The molecule has 0 amide bonds. The minimum Gasteiger partial charge on any atom is -0.256 e. The molecule has 0 bridgehead atoms. The molecule has 0 N–H and O–H groups in total. The summed E-state index contributed by atoms with van der Waals surface area (Å²) in [5.74, 6) is 0. The second-order valence-electron chi connectivity index (χ2n) is 14.7. The van der Waals surface area contributed by atoms with Gasteiger partial charge in [0, 0.05) is 34.1 Å². The van der Waals surface area contributed by atoms with Gasteiger partial charge < -0.3 is 0 Å². The van der Waals surface area contributed by atoms with Crippen LogP contribution in [0.1, 0.15) is 0 Å². The predicted molar refractivity (Wildman–Crippen MR) is 234 cm³/mol. The van der Waals surface area contributed by atoms with Crippen LogP contribution in [0.4, 0.5) is 0 Å². The van der Waals surface area contributed by atoms with Gasteiger partial charge in [-0.05, 0) is 101 Å². The van der Waals surface area contributed by atoms with E-state index in [2.05, 4.69) is 175 Å². The lowest BCUT2D eigenvalue weighted by Crippen LogP contribution is -1.93. The van der Waals surface area contributed by atoms with Crippen molar-refractivity contribution in [2.24, 2.45) is 0 Å². The van der Waals surface area contributed by atoms with Crippen molar-refractivity contribution in [1.29, 1.82) is 0 Å². The van der Waals surface area contributed by atoms with Crippen LogP contribution in [0.5, 0.6) is 0 Å². The molecule has 0 atom stereocenters. The molecule has 3 heteroatoms. The highest BCUT2D eigenvalue weighted by Crippen LogP contribution is 2.58. The van der Waals surface area contributed by atoms with Gasteiger partial charge in [-0.15, -0.1) is 0 Å². The van der Waals surface area contributed by atoms with Gasteiger partial charge in [0.25, 0.3) is 0 Å². The Labute approximate surface area is 323 Å². The monoisotopic (exact) mass is 709 g/mol. The van der Waals surface area contributed by atoms with Gasteiger partial charge in [-0.2, -0.15) is 0 Å². The fourth-order valence-corrected chi connectivity index (χ4v) is 9.27. The molecule has 3 aromatic heterocycles. The third-order valence-corrected chi connectivity index (χ3v) is 11.7. The molecule has 1 aliphatic carbocycles. The van der Waals surface area contributed by atoms with Crippen molar-refractivity contribution in [1.82, 2.24) is 15.0 Å². The fourth-order valence-electron chi connectivity index (χ4n) is 9.27. The predicted octanol–water partition coefficient (Wildman–Crippen LogP) is 14.0. The maximum atomic E-state index is 5.18. The highest BCUT2D eigenvalue weighted by Gasteiger charge is 2.31. The van der Waals surface area contributed by atoms with E-state index >= 15 is 0 Å². The Morgan fingerprint density at radius 3 is 1.71 bits per heavy atom.